The zero-order chi connectivity index (χ0) is 13.9. The molecule has 0 amide bonds. The van der Waals surface area contributed by atoms with Crippen molar-refractivity contribution < 1.29 is 18.9 Å². The van der Waals surface area contributed by atoms with Crippen LogP contribution in [0.4, 0.5) is 0 Å². The Morgan fingerprint density at radius 2 is 2.05 bits per heavy atom. The Balaban J connectivity index is 2.11. The lowest BCUT2D eigenvalue weighted by molar-refractivity contribution is -0.150. The first kappa shape index (κ1) is 14.4. The van der Waals surface area contributed by atoms with Crippen molar-refractivity contribution in [3.05, 3.63) is 23.8 Å². The second-order valence-electron chi connectivity index (χ2n) is 4.71. The van der Waals surface area contributed by atoms with Crippen LogP contribution in [-0.4, -0.2) is 38.6 Å². The summed E-state index contributed by atoms with van der Waals surface area (Å²) >= 11 is 5.78. The summed E-state index contributed by atoms with van der Waals surface area (Å²) in [5, 5.41) is 0. The van der Waals surface area contributed by atoms with Crippen LogP contribution in [0.25, 0.3) is 0 Å². The number of ether oxygens (including phenoxy) is 4. The van der Waals surface area contributed by atoms with E-state index in [4.69, 9.17) is 30.5 Å². The monoisotopic (exact) mass is 286 g/mol. The molecule has 1 aliphatic heterocycles. The SMILES string of the molecule is COc1ccc(CC2(C)OCC(CCl)O2)cc1OC. The molecule has 1 aliphatic rings. The number of alkyl halides is 1. The third kappa shape index (κ3) is 3.32. The molecule has 2 atom stereocenters. The van der Waals surface area contributed by atoms with Gasteiger partial charge in [-0.05, 0) is 24.6 Å². The van der Waals surface area contributed by atoms with E-state index in [1.165, 1.54) is 0 Å². The molecule has 1 aromatic rings. The van der Waals surface area contributed by atoms with Crippen LogP contribution >= 0.6 is 11.6 Å². The zero-order valence-electron chi connectivity index (χ0n) is 11.4. The summed E-state index contributed by atoms with van der Waals surface area (Å²) in [6, 6.07) is 5.80. The van der Waals surface area contributed by atoms with E-state index in [0.29, 0.717) is 30.4 Å². The maximum atomic E-state index is 5.81. The lowest BCUT2D eigenvalue weighted by atomic mass is 10.1. The zero-order valence-corrected chi connectivity index (χ0v) is 12.2. The van der Waals surface area contributed by atoms with Crippen LogP contribution in [0.2, 0.25) is 0 Å². The van der Waals surface area contributed by atoms with Crippen LogP contribution in [0.1, 0.15) is 12.5 Å². The molecule has 0 saturated carbocycles. The quantitative estimate of drug-likeness (QED) is 0.780. The van der Waals surface area contributed by atoms with Crippen LogP contribution in [0.15, 0.2) is 18.2 Å². The molecule has 1 aromatic carbocycles. The number of halogens is 1. The van der Waals surface area contributed by atoms with E-state index in [2.05, 4.69) is 0 Å². The Bertz CT molecular complexity index is 437. The van der Waals surface area contributed by atoms with Crippen LogP contribution < -0.4 is 9.47 Å². The van der Waals surface area contributed by atoms with E-state index >= 15 is 0 Å². The van der Waals surface area contributed by atoms with Gasteiger partial charge in [-0.1, -0.05) is 6.07 Å². The lowest BCUT2D eigenvalue weighted by Gasteiger charge is -2.23. The fourth-order valence-electron chi connectivity index (χ4n) is 2.22. The molecule has 1 fully saturated rings. The molecule has 5 heteroatoms. The van der Waals surface area contributed by atoms with Crippen LogP contribution in [0, 0.1) is 0 Å². The smallest absolute Gasteiger partial charge is 0.170 e. The van der Waals surface area contributed by atoms with Crippen molar-refractivity contribution in [2.24, 2.45) is 0 Å². The Hall–Kier alpha value is -0.970. The largest absolute Gasteiger partial charge is 0.493 e. The van der Waals surface area contributed by atoms with Gasteiger partial charge in [-0.2, -0.15) is 0 Å². The van der Waals surface area contributed by atoms with E-state index < -0.39 is 5.79 Å². The van der Waals surface area contributed by atoms with E-state index in [9.17, 15) is 0 Å². The highest BCUT2D eigenvalue weighted by Crippen LogP contribution is 2.32. The number of hydrogen-bond donors (Lipinski definition) is 0. The molecule has 0 aromatic heterocycles. The molecular weight excluding hydrogens is 268 g/mol. The molecule has 0 aliphatic carbocycles. The van der Waals surface area contributed by atoms with Crippen molar-refractivity contribution in [3.63, 3.8) is 0 Å². The summed E-state index contributed by atoms with van der Waals surface area (Å²) in [5.41, 5.74) is 1.07. The standard InChI is InChI=1S/C14H19ClO4/c1-14(18-9-11(8-15)19-14)7-10-4-5-12(16-2)13(6-10)17-3/h4-6,11H,7-9H2,1-3H3. The summed E-state index contributed by atoms with van der Waals surface area (Å²) in [7, 11) is 3.24. The summed E-state index contributed by atoms with van der Waals surface area (Å²) in [4.78, 5) is 0. The Labute approximate surface area is 118 Å². The number of benzene rings is 1. The minimum Gasteiger partial charge on any atom is -0.493 e. The van der Waals surface area contributed by atoms with Gasteiger partial charge < -0.3 is 18.9 Å². The van der Waals surface area contributed by atoms with Crippen LogP contribution in [0.3, 0.4) is 0 Å². The molecule has 106 valence electrons. The fourth-order valence-corrected chi connectivity index (χ4v) is 2.37. The molecule has 0 radical (unpaired) electrons. The third-order valence-electron chi connectivity index (χ3n) is 3.14. The van der Waals surface area contributed by atoms with E-state index in [0.717, 1.165) is 5.56 Å². The van der Waals surface area contributed by atoms with Gasteiger partial charge in [-0.3, -0.25) is 0 Å². The minimum absolute atomic E-state index is 0.0354. The molecule has 19 heavy (non-hydrogen) atoms. The molecule has 0 bridgehead atoms. The second-order valence-corrected chi connectivity index (χ2v) is 5.01. The first-order chi connectivity index (χ1) is 9.10. The van der Waals surface area contributed by atoms with Crippen molar-refractivity contribution in [3.8, 4) is 11.5 Å². The number of hydrogen-bond acceptors (Lipinski definition) is 4. The predicted octanol–water partition coefficient (Wildman–Crippen LogP) is 2.62. The molecule has 0 spiro atoms. The molecular formula is C14H19ClO4. The Kier molecular flexibility index (Phi) is 4.55. The van der Waals surface area contributed by atoms with Crippen molar-refractivity contribution >= 4 is 11.6 Å². The third-order valence-corrected chi connectivity index (χ3v) is 3.48. The van der Waals surface area contributed by atoms with E-state index in [1.54, 1.807) is 14.2 Å². The first-order valence-electron chi connectivity index (χ1n) is 6.19. The van der Waals surface area contributed by atoms with Gasteiger partial charge >= 0.3 is 0 Å². The Morgan fingerprint density at radius 1 is 1.32 bits per heavy atom. The van der Waals surface area contributed by atoms with Crippen molar-refractivity contribution in [2.75, 3.05) is 26.7 Å². The molecule has 2 rings (SSSR count). The highest BCUT2D eigenvalue weighted by molar-refractivity contribution is 6.18. The molecule has 0 N–H and O–H groups in total. The van der Waals surface area contributed by atoms with Gasteiger partial charge in [0.1, 0.15) is 0 Å². The number of methoxy groups -OCH3 is 2. The number of rotatable bonds is 5. The highest BCUT2D eigenvalue weighted by atomic mass is 35.5. The molecule has 2 unspecified atom stereocenters. The second kappa shape index (κ2) is 5.99. The van der Waals surface area contributed by atoms with E-state index in [-0.39, 0.29) is 6.10 Å². The minimum atomic E-state index is -0.626. The normalized spacial score (nSPS) is 26.4. The lowest BCUT2D eigenvalue weighted by Crippen LogP contribution is -2.29. The predicted molar refractivity (Wildman–Crippen MR) is 73.2 cm³/mol. The van der Waals surface area contributed by atoms with Gasteiger partial charge in [0.25, 0.3) is 0 Å². The van der Waals surface area contributed by atoms with Gasteiger partial charge in [0.2, 0.25) is 0 Å². The van der Waals surface area contributed by atoms with E-state index in [1.807, 2.05) is 25.1 Å². The first-order valence-corrected chi connectivity index (χ1v) is 6.72. The van der Waals surface area contributed by atoms with Crippen LogP contribution in [-0.2, 0) is 15.9 Å². The highest BCUT2D eigenvalue weighted by Gasteiger charge is 2.37. The molecule has 1 saturated heterocycles. The maximum absolute atomic E-state index is 5.81. The summed E-state index contributed by atoms with van der Waals surface area (Å²) in [5.74, 6) is 1.24. The molecule has 1 heterocycles. The van der Waals surface area contributed by atoms with Crippen molar-refractivity contribution in [1.29, 1.82) is 0 Å². The van der Waals surface area contributed by atoms with Crippen LogP contribution in [0.5, 0.6) is 11.5 Å². The maximum Gasteiger partial charge on any atom is 0.170 e. The van der Waals surface area contributed by atoms with Gasteiger partial charge in [-0.15, -0.1) is 11.6 Å². The topological polar surface area (TPSA) is 36.9 Å². The molecule has 4 nitrogen and oxygen atoms in total. The average molecular weight is 287 g/mol. The average Bonchev–Trinajstić information content (AvgIpc) is 2.80. The van der Waals surface area contributed by atoms with Gasteiger partial charge in [-0.25, -0.2) is 0 Å². The summed E-state index contributed by atoms with van der Waals surface area (Å²) < 4.78 is 22.0. The summed E-state index contributed by atoms with van der Waals surface area (Å²) in [6.07, 6.45) is 0.604. The summed E-state index contributed by atoms with van der Waals surface area (Å²) in [6.45, 7) is 2.46. The van der Waals surface area contributed by atoms with Crippen molar-refractivity contribution in [2.45, 2.75) is 25.2 Å². The van der Waals surface area contributed by atoms with Gasteiger partial charge in [0.15, 0.2) is 17.3 Å². The van der Waals surface area contributed by atoms with Gasteiger partial charge in [0.05, 0.1) is 32.8 Å². The Morgan fingerprint density at radius 3 is 2.63 bits per heavy atom. The van der Waals surface area contributed by atoms with Gasteiger partial charge in [0, 0.05) is 6.42 Å². The fraction of sp³-hybridized carbons (Fsp3) is 0.571. The van der Waals surface area contributed by atoms with Crippen molar-refractivity contribution in [1.82, 2.24) is 0 Å².